The van der Waals surface area contributed by atoms with Crippen LogP contribution in [-0.2, 0) is 4.79 Å². The SMILES string of the molecule is COc1ccc(-n2nnnc2SCC(=O)NC(C)(C#N)C(C)C)cc1. The number of nitrogens with zero attached hydrogens (tertiary/aromatic N) is 5. The second-order valence-electron chi connectivity index (χ2n) is 5.88. The van der Waals surface area contributed by atoms with Gasteiger partial charge in [0.05, 0.1) is 24.6 Å². The van der Waals surface area contributed by atoms with Crippen LogP contribution in [0.1, 0.15) is 20.8 Å². The van der Waals surface area contributed by atoms with Gasteiger partial charge in [0.25, 0.3) is 0 Å². The average molecular weight is 360 g/mol. The zero-order chi connectivity index (χ0) is 18.4. The predicted octanol–water partition coefficient (Wildman–Crippen LogP) is 1.82. The van der Waals surface area contributed by atoms with E-state index in [0.29, 0.717) is 5.16 Å². The molecule has 1 N–H and O–H groups in total. The van der Waals surface area contributed by atoms with Crippen molar-refractivity contribution in [3.8, 4) is 17.5 Å². The smallest absolute Gasteiger partial charge is 0.231 e. The van der Waals surface area contributed by atoms with Gasteiger partial charge in [-0.1, -0.05) is 25.6 Å². The van der Waals surface area contributed by atoms with Gasteiger partial charge in [-0.3, -0.25) is 4.79 Å². The summed E-state index contributed by atoms with van der Waals surface area (Å²) in [4.78, 5) is 12.2. The first-order valence-corrected chi connectivity index (χ1v) is 8.66. The quantitative estimate of drug-likeness (QED) is 0.751. The van der Waals surface area contributed by atoms with Crippen molar-refractivity contribution < 1.29 is 9.53 Å². The van der Waals surface area contributed by atoms with Crippen LogP contribution >= 0.6 is 11.8 Å². The minimum Gasteiger partial charge on any atom is -0.497 e. The van der Waals surface area contributed by atoms with Gasteiger partial charge in [-0.2, -0.15) is 9.94 Å². The van der Waals surface area contributed by atoms with Crippen molar-refractivity contribution in [1.29, 1.82) is 5.26 Å². The predicted molar refractivity (Wildman–Crippen MR) is 93.4 cm³/mol. The average Bonchev–Trinajstić information content (AvgIpc) is 3.08. The summed E-state index contributed by atoms with van der Waals surface area (Å²) in [5.41, 5.74) is -0.141. The maximum absolute atomic E-state index is 12.2. The van der Waals surface area contributed by atoms with Crippen molar-refractivity contribution in [2.24, 2.45) is 5.92 Å². The molecule has 132 valence electrons. The molecule has 0 saturated carbocycles. The van der Waals surface area contributed by atoms with E-state index in [4.69, 9.17) is 4.74 Å². The van der Waals surface area contributed by atoms with Gasteiger partial charge in [0.15, 0.2) is 0 Å². The van der Waals surface area contributed by atoms with Crippen LogP contribution in [0.3, 0.4) is 0 Å². The molecule has 1 unspecified atom stereocenters. The van der Waals surface area contributed by atoms with Crippen molar-refractivity contribution in [1.82, 2.24) is 25.5 Å². The maximum atomic E-state index is 12.2. The minimum absolute atomic E-state index is 0.00364. The van der Waals surface area contributed by atoms with Crippen molar-refractivity contribution in [3.05, 3.63) is 24.3 Å². The Labute approximate surface area is 150 Å². The van der Waals surface area contributed by atoms with Gasteiger partial charge in [-0.15, -0.1) is 5.10 Å². The summed E-state index contributed by atoms with van der Waals surface area (Å²) >= 11 is 1.20. The molecule has 1 atom stereocenters. The van der Waals surface area contributed by atoms with Crippen LogP contribution in [-0.4, -0.2) is 44.5 Å². The van der Waals surface area contributed by atoms with Crippen LogP contribution in [0.25, 0.3) is 5.69 Å². The lowest BCUT2D eigenvalue weighted by molar-refractivity contribution is -0.120. The number of rotatable bonds is 7. The van der Waals surface area contributed by atoms with E-state index >= 15 is 0 Å². The highest BCUT2D eigenvalue weighted by Gasteiger charge is 2.30. The van der Waals surface area contributed by atoms with Crippen LogP contribution in [0.2, 0.25) is 0 Å². The molecule has 1 aromatic heterocycles. The Morgan fingerprint density at radius 3 is 2.68 bits per heavy atom. The van der Waals surface area contributed by atoms with E-state index < -0.39 is 5.54 Å². The molecule has 0 radical (unpaired) electrons. The molecular weight excluding hydrogens is 340 g/mol. The topological polar surface area (TPSA) is 106 Å². The Balaban J connectivity index is 2.04. The summed E-state index contributed by atoms with van der Waals surface area (Å²) in [7, 11) is 1.60. The summed E-state index contributed by atoms with van der Waals surface area (Å²) in [6.45, 7) is 5.49. The fourth-order valence-electron chi connectivity index (χ4n) is 1.91. The van der Waals surface area contributed by atoms with Crippen molar-refractivity contribution in [3.63, 3.8) is 0 Å². The van der Waals surface area contributed by atoms with Crippen LogP contribution in [0.15, 0.2) is 29.4 Å². The molecule has 0 saturated heterocycles. The van der Waals surface area contributed by atoms with Crippen molar-refractivity contribution >= 4 is 17.7 Å². The number of benzene rings is 1. The Morgan fingerprint density at radius 2 is 2.12 bits per heavy atom. The molecule has 0 aliphatic rings. The number of amides is 1. The lowest BCUT2D eigenvalue weighted by atomic mass is 9.90. The molecule has 1 amide bonds. The van der Waals surface area contributed by atoms with E-state index in [2.05, 4.69) is 26.9 Å². The minimum atomic E-state index is -0.903. The molecule has 9 heteroatoms. The molecule has 0 bridgehead atoms. The molecule has 0 fully saturated rings. The molecule has 0 spiro atoms. The van der Waals surface area contributed by atoms with Gasteiger partial charge in [0.1, 0.15) is 11.3 Å². The molecular formula is C16H20N6O2S. The monoisotopic (exact) mass is 360 g/mol. The first kappa shape index (κ1) is 18.7. The first-order valence-electron chi connectivity index (χ1n) is 7.67. The second-order valence-corrected chi connectivity index (χ2v) is 6.82. The largest absolute Gasteiger partial charge is 0.497 e. The van der Waals surface area contributed by atoms with Crippen LogP contribution in [0.5, 0.6) is 5.75 Å². The number of thioether (sulfide) groups is 1. The fourth-order valence-corrected chi connectivity index (χ4v) is 2.60. The van der Waals surface area contributed by atoms with Crippen molar-refractivity contribution in [2.75, 3.05) is 12.9 Å². The van der Waals surface area contributed by atoms with Crippen LogP contribution in [0.4, 0.5) is 0 Å². The maximum Gasteiger partial charge on any atom is 0.231 e. The number of ether oxygens (including phenoxy) is 1. The third-order valence-electron chi connectivity index (χ3n) is 3.88. The van der Waals surface area contributed by atoms with E-state index in [0.717, 1.165) is 11.4 Å². The number of methoxy groups -OCH3 is 1. The molecule has 1 aromatic carbocycles. The Kier molecular flexibility index (Phi) is 5.98. The normalized spacial score (nSPS) is 13.1. The molecule has 1 heterocycles. The van der Waals surface area contributed by atoms with Crippen LogP contribution < -0.4 is 10.1 Å². The van der Waals surface area contributed by atoms with E-state index in [-0.39, 0.29) is 17.6 Å². The lowest BCUT2D eigenvalue weighted by Gasteiger charge is -2.27. The fraction of sp³-hybridized carbons (Fsp3) is 0.438. The second kappa shape index (κ2) is 7.98. The summed E-state index contributed by atoms with van der Waals surface area (Å²) in [6.07, 6.45) is 0. The Morgan fingerprint density at radius 1 is 1.44 bits per heavy atom. The number of carbonyl (C=O) groups excluding carboxylic acids is 1. The standard InChI is InChI=1S/C16H20N6O2S/c1-11(2)16(3,10-17)18-14(23)9-25-15-19-20-21-22(15)12-5-7-13(24-4)8-6-12/h5-8,11H,9H2,1-4H3,(H,18,23). The molecule has 8 nitrogen and oxygen atoms in total. The molecule has 0 aliphatic heterocycles. The zero-order valence-corrected chi connectivity index (χ0v) is 15.4. The van der Waals surface area contributed by atoms with Gasteiger partial charge in [-0.25, -0.2) is 0 Å². The number of carbonyl (C=O) groups is 1. The third kappa shape index (κ3) is 4.48. The summed E-state index contributed by atoms with van der Waals surface area (Å²) < 4.78 is 6.67. The summed E-state index contributed by atoms with van der Waals surface area (Å²) in [5, 5.41) is 24.1. The Bertz CT molecular complexity index is 768. The number of tetrazole rings is 1. The lowest BCUT2D eigenvalue weighted by Crippen LogP contribution is -2.49. The highest BCUT2D eigenvalue weighted by Crippen LogP contribution is 2.21. The number of nitriles is 1. The third-order valence-corrected chi connectivity index (χ3v) is 4.80. The summed E-state index contributed by atoms with van der Waals surface area (Å²) in [6, 6.07) is 9.41. The van der Waals surface area contributed by atoms with E-state index in [9.17, 15) is 10.1 Å². The zero-order valence-electron chi connectivity index (χ0n) is 14.6. The molecule has 2 rings (SSSR count). The summed E-state index contributed by atoms with van der Waals surface area (Å²) in [5.74, 6) is 0.596. The van der Waals surface area contributed by atoms with E-state index in [1.807, 2.05) is 26.0 Å². The highest BCUT2D eigenvalue weighted by molar-refractivity contribution is 7.99. The number of nitrogens with one attached hydrogen (secondary N) is 1. The van der Waals surface area contributed by atoms with E-state index in [1.54, 1.807) is 30.8 Å². The number of hydrogen-bond donors (Lipinski definition) is 1. The molecule has 25 heavy (non-hydrogen) atoms. The molecule has 2 aromatic rings. The van der Waals surface area contributed by atoms with Gasteiger partial charge < -0.3 is 10.1 Å². The first-order chi connectivity index (χ1) is 11.9. The van der Waals surface area contributed by atoms with Crippen molar-refractivity contribution in [2.45, 2.75) is 31.5 Å². The van der Waals surface area contributed by atoms with Gasteiger partial charge >= 0.3 is 0 Å². The molecule has 0 aliphatic carbocycles. The highest BCUT2D eigenvalue weighted by atomic mass is 32.2. The number of aromatic nitrogens is 4. The number of hydrogen-bond acceptors (Lipinski definition) is 7. The van der Waals surface area contributed by atoms with Gasteiger partial charge in [0, 0.05) is 0 Å². The van der Waals surface area contributed by atoms with Crippen LogP contribution in [0, 0.1) is 17.2 Å². The van der Waals surface area contributed by atoms with Gasteiger partial charge in [0.2, 0.25) is 11.1 Å². The van der Waals surface area contributed by atoms with E-state index in [1.165, 1.54) is 11.8 Å². The Hall–Kier alpha value is -2.60. The van der Waals surface area contributed by atoms with Gasteiger partial charge in [-0.05, 0) is 47.5 Å².